The van der Waals surface area contributed by atoms with Gasteiger partial charge in [-0.2, -0.15) is 0 Å². The van der Waals surface area contributed by atoms with Crippen LogP contribution in [-0.4, -0.2) is 36.8 Å². The van der Waals surface area contributed by atoms with Gasteiger partial charge in [0, 0.05) is 23.7 Å². The molecule has 0 amide bonds. The molecule has 1 aliphatic rings. The van der Waals surface area contributed by atoms with Gasteiger partial charge in [0.2, 0.25) is 0 Å². The van der Waals surface area contributed by atoms with Gasteiger partial charge in [-0.25, -0.2) is 0 Å². The maximum Gasteiger partial charge on any atom is 0.0205 e. The minimum Gasteiger partial charge on any atom is -0.312 e. The average molecular weight is 307 g/mol. The third kappa shape index (κ3) is 6.86. The largest absolute Gasteiger partial charge is 0.312 e. The quantitative estimate of drug-likeness (QED) is 0.731. The Hall–Kier alpha value is -0.510. The first-order chi connectivity index (χ1) is 10.2. The van der Waals surface area contributed by atoms with Crippen molar-refractivity contribution in [2.75, 3.05) is 31.9 Å². The van der Waals surface area contributed by atoms with Gasteiger partial charge in [0.15, 0.2) is 0 Å². The van der Waals surface area contributed by atoms with E-state index in [-0.39, 0.29) is 0 Å². The maximum absolute atomic E-state index is 3.49. The Morgan fingerprint density at radius 3 is 2.48 bits per heavy atom. The second kappa shape index (κ2) is 9.50. The van der Waals surface area contributed by atoms with E-state index in [1.165, 1.54) is 55.1 Å². The fourth-order valence-corrected chi connectivity index (χ4v) is 3.60. The van der Waals surface area contributed by atoms with Crippen LogP contribution in [-0.2, 0) is 6.54 Å². The lowest BCUT2D eigenvalue weighted by atomic mass is 10.1. The fourth-order valence-electron chi connectivity index (χ4n) is 2.68. The molecule has 118 valence electrons. The van der Waals surface area contributed by atoms with Gasteiger partial charge in [0.1, 0.15) is 0 Å². The Bertz CT molecular complexity index is 383. The Balaban J connectivity index is 1.64. The van der Waals surface area contributed by atoms with E-state index in [0.717, 1.165) is 19.0 Å². The summed E-state index contributed by atoms with van der Waals surface area (Å²) in [5.41, 5.74) is 1.39. The Morgan fingerprint density at radius 1 is 1.10 bits per heavy atom. The molecule has 1 aromatic rings. The summed E-state index contributed by atoms with van der Waals surface area (Å²) in [5.74, 6) is 1.93. The molecule has 0 aliphatic carbocycles. The van der Waals surface area contributed by atoms with Gasteiger partial charge in [-0.05, 0) is 56.1 Å². The van der Waals surface area contributed by atoms with E-state index in [4.69, 9.17) is 0 Å². The molecule has 1 fully saturated rings. The summed E-state index contributed by atoms with van der Waals surface area (Å²) in [6.45, 7) is 10.4. The van der Waals surface area contributed by atoms with E-state index in [9.17, 15) is 0 Å². The number of nitrogens with one attached hydrogen (secondary N) is 1. The third-order valence-electron chi connectivity index (χ3n) is 3.93. The van der Waals surface area contributed by atoms with Crippen LogP contribution in [0.4, 0.5) is 0 Å². The van der Waals surface area contributed by atoms with Crippen LogP contribution < -0.4 is 5.32 Å². The lowest BCUT2D eigenvalue weighted by molar-refractivity contribution is 0.242. The summed E-state index contributed by atoms with van der Waals surface area (Å²) in [7, 11) is 0. The molecule has 0 radical (unpaired) electrons. The van der Waals surface area contributed by atoms with E-state index in [2.05, 4.69) is 48.3 Å². The van der Waals surface area contributed by atoms with Crippen LogP contribution in [0.1, 0.15) is 38.7 Å². The molecule has 3 heteroatoms. The molecule has 1 N–H and O–H groups in total. The molecule has 0 saturated carbocycles. The number of hydrogen-bond donors (Lipinski definition) is 1. The highest BCUT2D eigenvalue weighted by Gasteiger charge is 2.09. The molecule has 0 spiro atoms. The first kappa shape index (κ1) is 16.9. The zero-order valence-corrected chi connectivity index (χ0v) is 14.4. The Labute approximate surface area is 134 Å². The highest BCUT2D eigenvalue weighted by atomic mass is 32.2. The number of piperidine rings is 1. The SMILES string of the molecule is CC(C)CNCc1ccc(SCCN2CCCCC2)cc1. The van der Waals surface area contributed by atoms with Gasteiger partial charge in [0.05, 0.1) is 0 Å². The first-order valence-electron chi connectivity index (χ1n) is 8.39. The molecule has 0 atom stereocenters. The minimum absolute atomic E-state index is 0.717. The number of rotatable bonds is 8. The molecule has 0 unspecified atom stereocenters. The maximum atomic E-state index is 3.49. The van der Waals surface area contributed by atoms with Crippen molar-refractivity contribution in [2.45, 2.75) is 44.6 Å². The van der Waals surface area contributed by atoms with Crippen molar-refractivity contribution in [3.63, 3.8) is 0 Å². The number of thioether (sulfide) groups is 1. The van der Waals surface area contributed by atoms with Gasteiger partial charge in [-0.1, -0.05) is 32.4 Å². The highest BCUT2D eigenvalue weighted by Crippen LogP contribution is 2.19. The molecular weight excluding hydrogens is 276 g/mol. The van der Waals surface area contributed by atoms with Crippen LogP contribution in [0.15, 0.2) is 29.2 Å². The Morgan fingerprint density at radius 2 is 1.81 bits per heavy atom. The monoisotopic (exact) mass is 306 g/mol. The molecule has 2 rings (SSSR count). The molecule has 0 bridgehead atoms. The first-order valence-corrected chi connectivity index (χ1v) is 9.37. The third-order valence-corrected chi connectivity index (χ3v) is 4.92. The van der Waals surface area contributed by atoms with Gasteiger partial charge in [-0.3, -0.25) is 0 Å². The lowest BCUT2D eigenvalue weighted by Crippen LogP contribution is -2.31. The summed E-state index contributed by atoms with van der Waals surface area (Å²) >= 11 is 1.99. The van der Waals surface area contributed by atoms with Gasteiger partial charge >= 0.3 is 0 Å². The van der Waals surface area contributed by atoms with Crippen molar-refractivity contribution in [3.8, 4) is 0 Å². The van der Waals surface area contributed by atoms with E-state index in [1.54, 1.807) is 0 Å². The predicted octanol–water partition coefficient (Wildman–Crippen LogP) is 4.01. The van der Waals surface area contributed by atoms with Crippen LogP contribution in [0.3, 0.4) is 0 Å². The molecule has 0 aromatic heterocycles. The second-order valence-corrected chi connectivity index (χ2v) is 7.59. The minimum atomic E-state index is 0.717. The summed E-state index contributed by atoms with van der Waals surface area (Å²) in [6.07, 6.45) is 4.21. The second-order valence-electron chi connectivity index (χ2n) is 6.42. The topological polar surface area (TPSA) is 15.3 Å². The molecule has 1 saturated heterocycles. The fraction of sp³-hybridized carbons (Fsp3) is 0.667. The van der Waals surface area contributed by atoms with E-state index >= 15 is 0 Å². The standard InChI is InChI=1S/C18H30N2S/c1-16(2)14-19-15-17-6-8-18(9-7-17)21-13-12-20-10-4-3-5-11-20/h6-9,16,19H,3-5,10-15H2,1-2H3. The summed E-state index contributed by atoms with van der Waals surface area (Å²) in [6, 6.07) is 9.06. The van der Waals surface area contributed by atoms with Crippen LogP contribution in [0.25, 0.3) is 0 Å². The van der Waals surface area contributed by atoms with E-state index in [0.29, 0.717) is 0 Å². The predicted molar refractivity (Wildman–Crippen MR) is 94.0 cm³/mol. The zero-order chi connectivity index (χ0) is 14.9. The molecule has 1 aliphatic heterocycles. The normalized spacial score (nSPS) is 16.5. The number of likely N-dealkylation sites (tertiary alicyclic amines) is 1. The van der Waals surface area contributed by atoms with Crippen molar-refractivity contribution < 1.29 is 0 Å². The van der Waals surface area contributed by atoms with Crippen molar-refractivity contribution in [1.82, 2.24) is 10.2 Å². The van der Waals surface area contributed by atoms with Crippen LogP contribution in [0, 0.1) is 5.92 Å². The van der Waals surface area contributed by atoms with E-state index in [1.807, 2.05) is 11.8 Å². The summed E-state index contributed by atoms with van der Waals surface area (Å²) in [4.78, 5) is 4.01. The molecule has 1 aromatic carbocycles. The molecular formula is C18H30N2S. The zero-order valence-electron chi connectivity index (χ0n) is 13.6. The lowest BCUT2D eigenvalue weighted by Gasteiger charge is -2.26. The molecule has 21 heavy (non-hydrogen) atoms. The van der Waals surface area contributed by atoms with Crippen molar-refractivity contribution in [2.24, 2.45) is 5.92 Å². The number of benzene rings is 1. The van der Waals surface area contributed by atoms with Crippen LogP contribution in [0.5, 0.6) is 0 Å². The molecule has 1 heterocycles. The van der Waals surface area contributed by atoms with Crippen LogP contribution >= 0.6 is 11.8 Å². The summed E-state index contributed by atoms with van der Waals surface area (Å²) < 4.78 is 0. The van der Waals surface area contributed by atoms with Gasteiger partial charge in [-0.15, -0.1) is 11.8 Å². The highest BCUT2D eigenvalue weighted by molar-refractivity contribution is 7.99. The van der Waals surface area contributed by atoms with Gasteiger partial charge in [0.25, 0.3) is 0 Å². The Kier molecular flexibility index (Phi) is 7.62. The number of hydrogen-bond acceptors (Lipinski definition) is 3. The van der Waals surface area contributed by atoms with Crippen molar-refractivity contribution >= 4 is 11.8 Å². The van der Waals surface area contributed by atoms with Crippen LogP contribution in [0.2, 0.25) is 0 Å². The smallest absolute Gasteiger partial charge is 0.0205 e. The van der Waals surface area contributed by atoms with Gasteiger partial charge < -0.3 is 10.2 Å². The average Bonchev–Trinajstić information content (AvgIpc) is 2.50. The number of nitrogens with zero attached hydrogens (tertiary/aromatic N) is 1. The van der Waals surface area contributed by atoms with Crippen molar-refractivity contribution in [1.29, 1.82) is 0 Å². The van der Waals surface area contributed by atoms with Crippen molar-refractivity contribution in [3.05, 3.63) is 29.8 Å². The molecule has 2 nitrogen and oxygen atoms in total. The van der Waals surface area contributed by atoms with E-state index < -0.39 is 0 Å². The summed E-state index contributed by atoms with van der Waals surface area (Å²) in [5, 5.41) is 3.49.